The van der Waals surface area contributed by atoms with Crippen LogP contribution in [0.1, 0.15) is 42.7 Å². The number of para-hydroxylation sites is 1. The van der Waals surface area contributed by atoms with Crippen LogP contribution in [0.15, 0.2) is 41.3 Å². The molecule has 0 radical (unpaired) electrons. The average Bonchev–Trinajstić information content (AvgIpc) is 2.48. The van der Waals surface area contributed by atoms with Crippen molar-refractivity contribution in [2.45, 2.75) is 26.7 Å². The molecule has 5 heteroatoms. The van der Waals surface area contributed by atoms with E-state index in [0.717, 1.165) is 5.69 Å². The summed E-state index contributed by atoms with van der Waals surface area (Å²) in [6, 6.07) is 9.34. The zero-order valence-corrected chi connectivity index (χ0v) is 12.4. The van der Waals surface area contributed by atoms with Gasteiger partial charge in [-0.25, -0.2) is 9.48 Å². The minimum Gasteiger partial charge on any atom is -0.461 e. The third kappa shape index (κ3) is 3.18. The second-order valence-electron chi connectivity index (χ2n) is 4.92. The zero-order valence-electron chi connectivity index (χ0n) is 12.4. The first-order valence-corrected chi connectivity index (χ1v) is 6.91. The van der Waals surface area contributed by atoms with Crippen LogP contribution in [0.5, 0.6) is 0 Å². The van der Waals surface area contributed by atoms with E-state index in [-0.39, 0.29) is 23.6 Å². The fourth-order valence-electron chi connectivity index (χ4n) is 1.97. The molecule has 2 rings (SSSR count). The summed E-state index contributed by atoms with van der Waals surface area (Å²) >= 11 is 0. The van der Waals surface area contributed by atoms with Crippen molar-refractivity contribution in [2.24, 2.45) is 0 Å². The Morgan fingerprint density at radius 1 is 1.29 bits per heavy atom. The van der Waals surface area contributed by atoms with Gasteiger partial charge in [-0.05, 0) is 25.0 Å². The van der Waals surface area contributed by atoms with Crippen molar-refractivity contribution in [1.29, 1.82) is 0 Å². The Balaban J connectivity index is 2.63. The van der Waals surface area contributed by atoms with E-state index in [2.05, 4.69) is 5.10 Å². The maximum atomic E-state index is 12.3. The van der Waals surface area contributed by atoms with Gasteiger partial charge in [-0.3, -0.25) is 4.79 Å². The number of ether oxygens (including phenoxy) is 1. The molecule has 0 aliphatic carbocycles. The van der Waals surface area contributed by atoms with E-state index in [1.165, 1.54) is 0 Å². The largest absolute Gasteiger partial charge is 0.461 e. The highest BCUT2D eigenvalue weighted by Crippen LogP contribution is 2.13. The first kappa shape index (κ1) is 15.0. The van der Waals surface area contributed by atoms with E-state index in [1.54, 1.807) is 17.8 Å². The predicted molar refractivity (Wildman–Crippen MR) is 79.9 cm³/mol. The summed E-state index contributed by atoms with van der Waals surface area (Å²) in [6.45, 7) is 5.71. The van der Waals surface area contributed by atoms with Crippen LogP contribution in [-0.2, 0) is 4.74 Å². The van der Waals surface area contributed by atoms with Gasteiger partial charge in [0.05, 0.1) is 12.3 Å². The molecule has 2 aromatic rings. The molecular weight excluding hydrogens is 268 g/mol. The number of nitrogens with zero attached hydrogens (tertiary/aromatic N) is 2. The summed E-state index contributed by atoms with van der Waals surface area (Å²) in [5.74, 6) is -0.696. The molecule has 0 aliphatic rings. The molecule has 1 aromatic carbocycles. The molecule has 1 heterocycles. The Morgan fingerprint density at radius 2 is 1.95 bits per heavy atom. The molecular formula is C16H18N2O3. The van der Waals surface area contributed by atoms with E-state index in [0.29, 0.717) is 5.56 Å². The van der Waals surface area contributed by atoms with Crippen molar-refractivity contribution in [3.63, 3.8) is 0 Å². The molecule has 0 amide bonds. The van der Waals surface area contributed by atoms with Crippen molar-refractivity contribution < 1.29 is 9.53 Å². The lowest BCUT2D eigenvalue weighted by Crippen LogP contribution is -2.26. The van der Waals surface area contributed by atoms with Crippen molar-refractivity contribution in [3.8, 4) is 5.69 Å². The normalized spacial score (nSPS) is 10.7. The topological polar surface area (TPSA) is 61.2 Å². The maximum absolute atomic E-state index is 12.3. The van der Waals surface area contributed by atoms with Gasteiger partial charge in [-0.1, -0.05) is 32.0 Å². The molecule has 0 N–H and O–H groups in total. The second-order valence-corrected chi connectivity index (χ2v) is 4.92. The predicted octanol–water partition coefficient (Wildman–Crippen LogP) is 2.53. The fourth-order valence-corrected chi connectivity index (χ4v) is 1.97. The molecule has 0 fully saturated rings. The molecule has 0 saturated carbocycles. The molecule has 5 nitrogen and oxygen atoms in total. The Hall–Kier alpha value is -2.43. The third-order valence-corrected chi connectivity index (χ3v) is 3.06. The maximum Gasteiger partial charge on any atom is 0.362 e. The molecule has 21 heavy (non-hydrogen) atoms. The first-order valence-electron chi connectivity index (χ1n) is 6.91. The lowest BCUT2D eigenvalue weighted by Gasteiger charge is -2.12. The van der Waals surface area contributed by atoms with Gasteiger partial charge >= 0.3 is 5.97 Å². The molecule has 0 unspecified atom stereocenters. The molecule has 0 bridgehead atoms. The van der Waals surface area contributed by atoms with Crippen LogP contribution in [0.4, 0.5) is 0 Å². The van der Waals surface area contributed by atoms with Crippen LogP contribution in [0.25, 0.3) is 5.69 Å². The lowest BCUT2D eigenvalue weighted by atomic mass is 10.0. The van der Waals surface area contributed by atoms with Crippen molar-refractivity contribution >= 4 is 5.97 Å². The molecule has 0 atom stereocenters. The quantitative estimate of drug-likeness (QED) is 0.810. The zero-order chi connectivity index (χ0) is 15.4. The number of carbonyl (C=O) groups is 1. The van der Waals surface area contributed by atoms with Crippen molar-refractivity contribution in [1.82, 2.24) is 9.78 Å². The number of hydrogen-bond donors (Lipinski definition) is 0. The van der Waals surface area contributed by atoms with Crippen LogP contribution in [-0.4, -0.2) is 22.4 Å². The smallest absolute Gasteiger partial charge is 0.362 e. The summed E-state index contributed by atoms with van der Waals surface area (Å²) in [5.41, 5.74) is 0.782. The summed E-state index contributed by atoms with van der Waals surface area (Å²) < 4.78 is 6.46. The SMILES string of the molecule is CCOC(=O)c1nn(-c2ccccc2)cc(C(C)C)c1=O. The van der Waals surface area contributed by atoms with Crippen LogP contribution >= 0.6 is 0 Å². The first-order chi connectivity index (χ1) is 10.0. The van der Waals surface area contributed by atoms with Crippen molar-refractivity contribution in [3.05, 3.63) is 58.0 Å². The van der Waals surface area contributed by atoms with Gasteiger partial charge in [0.2, 0.25) is 11.1 Å². The monoisotopic (exact) mass is 286 g/mol. The average molecular weight is 286 g/mol. The molecule has 110 valence electrons. The van der Waals surface area contributed by atoms with Gasteiger partial charge < -0.3 is 4.74 Å². The number of carbonyl (C=O) groups excluding carboxylic acids is 1. The van der Waals surface area contributed by atoms with E-state index in [9.17, 15) is 9.59 Å². The highest BCUT2D eigenvalue weighted by atomic mass is 16.5. The minimum atomic E-state index is -0.685. The van der Waals surface area contributed by atoms with Gasteiger partial charge in [0.25, 0.3) is 0 Å². The number of aromatic nitrogens is 2. The Kier molecular flexibility index (Phi) is 4.52. The highest BCUT2D eigenvalue weighted by Gasteiger charge is 2.19. The van der Waals surface area contributed by atoms with Crippen LogP contribution in [0, 0.1) is 0 Å². The summed E-state index contributed by atoms with van der Waals surface area (Å²) in [4.78, 5) is 24.3. The van der Waals surface area contributed by atoms with Gasteiger partial charge in [0.1, 0.15) is 0 Å². The van der Waals surface area contributed by atoms with E-state index < -0.39 is 5.97 Å². The molecule has 0 aliphatic heterocycles. The van der Waals surface area contributed by atoms with Crippen LogP contribution < -0.4 is 5.43 Å². The number of rotatable bonds is 4. The third-order valence-electron chi connectivity index (χ3n) is 3.06. The number of esters is 1. The summed E-state index contributed by atoms with van der Waals surface area (Å²) in [7, 11) is 0. The van der Waals surface area contributed by atoms with E-state index in [4.69, 9.17) is 4.74 Å². The molecule has 0 spiro atoms. The van der Waals surface area contributed by atoms with Crippen molar-refractivity contribution in [2.75, 3.05) is 6.61 Å². The minimum absolute atomic E-state index is 0.0105. The lowest BCUT2D eigenvalue weighted by molar-refractivity contribution is 0.0515. The Morgan fingerprint density at radius 3 is 2.52 bits per heavy atom. The van der Waals surface area contributed by atoms with Gasteiger partial charge in [0.15, 0.2) is 0 Å². The highest BCUT2D eigenvalue weighted by molar-refractivity contribution is 5.87. The fraction of sp³-hybridized carbons (Fsp3) is 0.312. The summed E-state index contributed by atoms with van der Waals surface area (Å²) in [5, 5.41) is 4.13. The van der Waals surface area contributed by atoms with E-state index >= 15 is 0 Å². The Bertz CT molecular complexity index is 690. The van der Waals surface area contributed by atoms with E-state index in [1.807, 2.05) is 44.2 Å². The number of hydrogen-bond acceptors (Lipinski definition) is 4. The summed E-state index contributed by atoms with van der Waals surface area (Å²) in [6.07, 6.45) is 1.67. The van der Waals surface area contributed by atoms with Crippen LogP contribution in [0.3, 0.4) is 0 Å². The Labute approximate surface area is 123 Å². The standard InChI is InChI=1S/C16H18N2O3/c1-4-21-16(20)14-15(19)13(11(2)3)10-18(17-14)12-8-6-5-7-9-12/h5-11H,4H2,1-3H3. The van der Waals surface area contributed by atoms with Gasteiger partial charge in [-0.15, -0.1) is 0 Å². The van der Waals surface area contributed by atoms with Gasteiger partial charge in [-0.2, -0.15) is 5.10 Å². The molecule has 1 aromatic heterocycles. The molecule has 0 saturated heterocycles. The second kappa shape index (κ2) is 6.35. The number of benzene rings is 1. The van der Waals surface area contributed by atoms with Gasteiger partial charge in [0, 0.05) is 11.8 Å². The van der Waals surface area contributed by atoms with Crippen LogP contribution in [0.2, 0.25) is 0 Å².